The summed E-state index contributed by atoms with van der Waals surface area (Å²) in [6.07, 6.45) is 2.68. The summed E-state index contributed by atoms with van der Waals surface area (Å²) in [5, 5.41) is 17.7. The largest absolute Gasteiger partial charge is 0.480 e. The maximum absolute atomic E-state index is 11.0. The molecule has 0 rings (SSSR count). The number of aliphatic hydroxyl groups excluding tert-OH is 1. The topological polar surface area (TPSA) is 60.8 Å². The summed E-state index contributed by atoms with van der Waals surface area (Å²) < 4.78 is 0. The summed E-state index contributed by atoms with van der Waals surface area (Å²) in [6.45, 7) is 7.15. The van der Waals surface area contributed by atoms with Gasteiger partial charge in [-0.3, -0.25) is 9.69 Å². The second-order valence-corrected chi connectivity index (χ2v) is 4.23. The van der Waals surface area contributed by atoms with Crippen molar-refractivity contribution >= 4 is 5.97 Å². The van der Waals surface area contributed by atoms with Crippen molar-refractivity contribution in [1.82, 2.24) is 4.90 Å². The van der Waals surface area contributed by atoms with Crippen LogP contribution < -0.4 is 0 Å². The minimum absolute atomic E-state index is 0.217. The lowest BCUT2D eigenvalue weighted by Gasteiger charge is -2.34. The van der Waals surface area contributed by atoms with Gasteiger partial charge in [0.1, 0.15) is 5.54 Å². The van der Waals surface area contributed by atoms with Crippen LogP contribution in [0.1, 0.15) is 40.0 Å². The average molecular weight is 217 g/mol. The minimum Gasteiger partial charge on any atom is -0.480 e. The molecule has 2 N–H and O–H groups in total. The number of likely N-dealkylation sites (N-methyl/N-ethyl adjacent to an activating group) is 1. The van der Waals surface area contributed by atoms with Crippen molar-refractivity contribution in [1.29, 1.82) is 0 Å². The average Bonchev–Trinajstić information content (AvgIpc) is 2.17. The zero-order chi connectivity index (χ0) is 11.9. The molecule has 0 spiro atoms. The monoisotopic (exact) mass is 217 g/mol. The van der Waals surface area contributed by atoms with E-state index in [1.54, 1.807) is 13.8 Å². The van der Waals surface area contributed by atoms with Crippen LogP contribution in [-0.2, 0) is 4.79 Å². The van der Waals surface area contributed by atoms with Gasteiger partial charge in [-0.05, 0) is 46.2 Å². The van der Waals surface area contributed by atoms with Crippen LogP contribution in [0.25, 0.3) is 0 Å². The Kier molecular flexibility index (Phi) is 6.52. The molecule has 0 saturated carbocycles. The van der Waals surface area contributed by atoms with E-state index in [1.807, 2.05) is 11.8 Å². The Balaban J connectivity index is 4.07. The van der Waals surface area contributed by atoms with E-state index in [9.17, 15) is 4.79 Å². The zero-order valence-corrected chi connectivity index (χ0v) is 9.99. The highest BCUT2D eigenvalue weighted by Crippen LogP contribution is 2.15. The first-order valence-electron chi connectivity index (χ1n) is 5.56. The van der Waals surface area contributed by atoms with Crippen LogP contribution in [0.2, 0.25) is 0 Å². The van der Waals surface area contributed by atoms with Gasteiger partial charge in [0.05, 0.1) is 0 Å². The van der Waals surface area contributed by atoms with Gasteiger partial charge in [-0.15, -0.1) is 0 Å². The standard InChI is InChI=1S/C11H23NO3/c1-4-12(8-6-5-7-9-13)11(2,3)10(14)15/h13H,4-9H2,1-3H3,(H,14,15). The minimum atomic E-state index is -0.798. The van der Waals surface area contributed by atoms with E-state index >= 15 is 0 Å². The molecule has 0 aliphatic heterocycles. The molecule has 0 saturated heterocycles. The highest BCUT2D eigenvalue weighted by Gasteiger charge is 2.32. The lowest BCUT2D eigenvalue weighted by Crippen LogP contribution is -2.50. The summed E-state index contributed by atoms with van der Waals surface area (Å²) in [6, 6.07) is 0. The normalized spacial score (nSPS) is 12.1. The molecule has 0 heterocycles. The van der Waals surface area contributed by atoms with Gasteiger partial charge in [0.15, 0.2) is 0 Å². The number of aliphatic hydroxyl groups is 1. The van der Waals surface area contributed by atoms with Gasteiger partial charge in [0.2, 0.25) is 0 Å². The molecule has 0 unspecified atom stereocenters. The van der Waals surface area contributed by atoms with Crippen molar-refractivity contribution in [3.8, 4) is 0 Å². The number of nitrogens with zero attached hydrogens (tertiary/aromatic N) is 1. The Bertz CT molecular complexity index is 192. The number of carboxylic acids is 1. The van der Waals surface area contributed by atoms with Gasteiger partial charge in [-0.25, -0.2) is 0 Å². The second kappa shape index (κ2) is 6.80. The van der Waals surface area contributed by atoms with Gasteiger partial charge >= 0.3 is 5.97 Å². The number of carbonyl (C=O) groups is 1. The Hall–Kier alpha value is -0.610. The van der Waals surface area contributed by atoms with Crippen LogP contribution in [-0.4, -0.2) is 46.3 Å². The third kappa shape index (κ3) is 4.62. The fourth-order valence-electron chi connectivity index (χ4n) is 1.56. The highest BCUT2D eigenvalue weighted by atomic mass is 16.4. The highest BCUT2D eigenvalue weighted by molar-refractivity contribution is 5.77. The Morgan fingerprint density at radius 1 is 1.27 bits per heavy atom. The molecule has 0 aliphatic carbocycles. The van der Waals surface area contributed by atoms with Crippen LogP contribution in [0.5, 0.6) is 0 Å². The van der Waals surface area contributed by atoms with Crippen LogP contribution in [0, 0.1) is 0 Å². The van der Waals surface area contributed by atoms with Gasteiger partial charge in [0.25, 0.3) is 0 Å². The number of hydrogen-bond donors (Lipinski definition) is 2. The van der Waals surface area contributed by atoms with E-state index in [1.165, 1.54) is 0 Å². The summed E-state index contributed by atoms with van der Waals surface area (Å²) in [5.41, 5.74) is -0.798. The van der Waals surface area contributed by atoms with Gasteiger partial charge in [0, 0.05) is 6.61 Å². The summed E-state index contributed by atoms with van der Waals surface area (Å²) >= 11 is 0. The van der Waals surface area contributed by atoms with Crippen LogP contribution in [0.15, 0.2) is 0 Å². The number of unbranched alkanes of at least 4 members (excludes halogenated alkanes) is 2. The third-order valence-corrected chi connectivity index (χ3v) is 2.78. The lowest BCUT2D eigenvalue weighted by molar-refractivity contribution is -0.149. The smallest absolute Gasteiger partial charge is 0.323 e. The Morgan fingerprint density at radius 2 is 1.87 bits per heavy atom. The van der Waals surface area contributed by atoms with E-state index in [0.717, 1.165) is 32.4 Å². The first-order chi connectivity index (χ1) is 6.96. The van der Waals surface area contributed by atoms with Crippen molar-refractivity contribution in [3.63, 3.8) is 0 Å². The molecule has 0 atom stereocenters. The van der Waals surface area contributed by atoms with Crippen LogP contribution in [0.4, 0.5) is 0 Å². The maximum atomic E-state index is 11.0. The molecule has 0 aliphatic rings. The van der Waals surface area contributed by atoms with Crippen molar-refractivity contribution in [3.05, 3.63) is 0 Å². The number of rotatable bonds is 8. The van der Waals surface area contributed by atoms with Gasteiger partial charge in [-0.1, -0.05) is 6.92 Å². The first kappa shape index (κ1) is 14.4. The third-order valence-electron chi connectivity index (χ3n) is 2.78. The van der Waals surface area contributed by atoms with E-state index < -0.39 is 11.5 Å². The molecule has 4 heteroatoms. The Morgan fingerprint density at radius 3 is 2.27 bits per heavy atom. The second-order valence-electron chi connectivity index (χ2n) is 4.23. The van der Waals surface area contributed by atoms with E-state index in [4.69, 9.17) is 10.2 Å². The van der Waals surface area contributed by atoms with E-state index in [2.05, 4.69) is 0 Å². The van der Waals surface area contributed by atoms with Crippen molar-refractivity contribution in [2.45, 2.75) is 45.6 Å². The molecule has 0 aromatic carbocycles. The molecule has 0 aromatic heterocycles. The van der Waals surface area contributed by atoms with Crippen molar-refractivity contribution < 1.29 is 15.0 Å². The molecule has 90 valence electrons. The van der Waals surface area contributed by atoms with E-state index in [-0.39, 0.29) is 6.61 Å². The number of carboxylic acid groups (broad SMARTS) is 1. The molecule has 0 fully saturated rings. The summed E-state index contributed by atoms with van der Waals surface area (Å²) in [7, 11) is 0. The van der Waals surface area contributed by atoms with Crippen molar-refractivity contribution in [2.24, 2.45) is 0 Å². The van der Waals surface area contributed by atoms with E-state index in [0.29, 0.717) is 0 Å². The SMILES string of the molecule is CCN(CCCCCO)C(C)(C)C(=O)O. The molecule has 15 heavy (non-hydrogen) atoms. The lowest BCUT2D eigenvalue weighted by atomic mass is 10.0. The molecule has 0 aromatic rings. The summed E-state index contributed by atoms with van der Waals surface area (Å²) in [4.78, 5) is 13.0. The molecular formula is C11H23NO3. The molecule has 0 radical (unpaired) electrons. The van der Waals surface area contributed by atoms with Gasteiger partial charge in [-0.2, -0.15) is 0 Å². The fourth-order valence-corrected chi connectivity index (χ4v) is 1.56. The van der Waals surface area contributed by atoms with Gasteiger partial charge < -0.3 is 10.2 Å². The predicted molar refractivity (Wildman–Crippen MR) is 59.9 cm³/mol. The zero-order valence-electron chi connectivity index (χ0n) is 9.99. The molecule has 0 amide bonds. The molecular weight excluding hydrogens is 194 g/mol. The number of aliphatic carboxylic acids is 1. The predicted octanol–water partition coefficient (Wildman–Crippen LogP) is 1.33. The molecule has 0 bridgehead atoms. The quantitative estimate of drug-likeness (QED) is 0.602. The fraction of sp³-hybridized carbons (Fsp3) is 0.909. The van der Waals surface area contributed by atoms with Crippen molar-refractivity contribution in [2.75, 3.05) is 19.7 Å². The van der Waals surface area contributed by atoms with Crippen LogP contribution >= 0.6 is 0 Å². The first-order valence-corrected chi connectivity index (χ1v) is 5.56. The summed E-state index contributed by atoms with van der Waals surface area (Å²) in [5.74, 6) is -0.786. The van der Waals surface area contributed by atoms with Crippen LogP contribution in [0.3, 0.4) is 0 Å². The Labute approximate surface area is 91.9 Å². The number of hydrogen-bond acceptors (Lipinski definition) is 3. The maximum Gasteiger partial charge on any atom is 0.323 e. The molecule has 4 nitrogen and oxygen atoms in total.